The van der Waals surface area contributed by atoms with Crippen LogP contribution in [0.15, 0.2) is 54.6 Å². The molecule has 1 heterocycles. The van der Waals surface area contributed by atoms with Gasteiger partial charge in [0.1, 0.15) is 5.82 Å². The molecule has 1 amide bonds. The fourth-order valence-electron chi connectivity index (χ4n) is 2.96. The molecule has 0 saturated carbocycles. The van der Waals surface area contributed by atoms with Crippen LogP contribution in [0.2, 0.25) is 0 Å². The van der Waals surface area contributed by atoms with E-state index >= 15 is 0 Å². The summed E-state index contributed by atoms with van der Waals surface area (Å²) >= 11 is 0. The highest BCUT2D eigenvalue weighted by Gasteiger charge is 2.15. The summed E-state index contributed by atoms with van der Waals surface area (Å²) in [5, 5.41) is 7.09. The van der Waals surface area contributed by atoms with Gasteiger partial charge in [-0.25, -0.2) is 17.9 Å². The summed E-state index contributed by atoms with van der Waals surface area (Å²) < 4.78 is 29.6. The first-order chi connectivity index (χ1) is 14.6. The van der Waals surface area contributed by atoms with Gasteiger partial charge in [-0.2, -0.15) is 5.10 Å². The molecule has 0 aliphatic heterocycles. The number of ether oxygens (including phenoxy) is 1. The number of nitrogens with zero attached hydrogens (tertiary/aromatic N) is 2. The molecule has 0 bridgehead atoms. The van der Waals surface area contributed by atoms with Gasteiger partial charge in [-0.05, 0) is 43.7 Å². The summed E-state index contributed by atoms with van der Waals surface area (Å²) in [6.07, 6.45) is 1.12. The average Bonchev–Trinajstić information content (AvgIpc) is 3.05. The molecule has 0 radical (unpaired) electrons. The zero-order valence-corrected chi connectivity index (χ0v) is 18.3. The Labute approximate surface area is 180 Å². The highest BCUT2D eigenvalue weighted by Crippen LogP contribution is 2.18. The van der Waals surface area contributed by atoms with Crippen LogP contribution in [-0.4, -0.2) is 42.9 Å². The van der Waals surface area contributed by atoms with Crippen LogP contribution in [0.4, 0.5) is 5.82 Å². The van der Waals surface area contributed by atoms with Crippen LogP contribution in [0, 0.1) is 13.8 Å². The summed E-state index contributed by atoms with van der Waals surface area (Å²) in [7, 11) is -3.23. The fraction of sp³-hybridized carbons (Fsp3) is 0.227. The number of rotatable bonds is 7. The third-order valence-corrected chi connectivity index (χ3v) is 5.16. The number of amides is 1. The zero-order chi connectivity index (χ0) is 22.6. The van der Waals surface area contributed by atoms with Gasteiger partial charge in [0, 0.05) is 12.3 Å². The predicted molar refractivity (Wildman–Crippen MR) is 117 cm³/mol. The van der Waals surface area contributed by atoms with Gasteiger partial charge in [0.2, 0.25) is 0 Å². The third-order valence-electron chi connectivity index (χ3n) is 4.30. The Balaban J connectivity index is 1.64. The predicted octanol–water partition coefficient (Wildman–Crippen LogP) is 2.83. The third kappa shape index (κ3) is 6.26. The lowest BCUT2D eigenvalue weighted by Crippen LogP contribution is -2.22. The fourth-order valence-corrected chi connectivity index (χ4v) is 3.74. The molecule has 9 heteroatoms. The van der Waals surface area contributed by atoms with Crippen molar-refractivity contribution >= 4 is 27.5 Å². The maximum Gasteiger partial charge on any atom is 0.338 e. The molecule has 0 atom stereocenters. The second-order valence-corrected chi connectivity index (χ2v) is 9.45. The molecule has 1 aromatic heterocycles. The van der Waals surface area contributed by atoms with Crippen molar-refractivity contribution in [1.29, 1.82) is 0 Å². The van der Waals surface area contributed by atoms with E-state index in [0.29, 0.717) is 11.4 Å². The Hall–Kier alpha value is -3.46. The van der Waals surface area contributed by atoms with Crippen LogP contribution in [0.25, 0.3) is 5.69 Å². The minimum absolute atomic E-state index is 0.175. The summed E-state index contributed by atoms with van der Waals surface area (Å²) in [5.41, 5.74) is 3.25. The maximum atomic E-state index is 12.3. The van der Waals surface area contributed by atoms with E-state index in [4.69, 9.17) is 4.74 Å². The number of benzene rings is 2. The van der Waals surface area contributed by atoms with E-state index in [9.17, 15) is 18.0 Å². The van der Waals surface area contributed by atoms with Gasteiger partial charge < -0.3 is 10.1 Å². The van der Waals surface area contributed by atoms with Gasteiger partial charge in [-0.3, -0.25) is 4.79 Å². The number of anilines is 1. The van der Waals surface area contributed by atoms with E-state index in [1.54, 1.807) is 22.9 Å². The maximum absolute atomic E-state index is 12.3. The number of aromatic nitrogens is 2. The first kappa shape index (κ1) is 22.2. The zero-order valence-electron chi connectivity index (χ0n) is 17.5. The molecule has 2 aromatic carbocycles. The number of carbonyl (C=O) groups excluding carboxylic acids is 2. The van der Waals surface area contributed by atoms with Crippen LogP contribution in [0.3, 0.4) is 0 Å². The van der Waals surface area contributed by atoms with Crippen LogP contribution >= 0.6 is 0 Å². The second-order valence-electron chi connectivity index (χ2n) is 7.31. The Morgan fingerprint density at radius 2 is 1.77 bits per heavy atom. The molecular weight excluding hydrogens is 418 g/mol. The van der Waals surface area contributed by atoms with Crippen molar-refractivity contribution in [2.24, 2.45) is 0 Å². The quantitative estimate of drug-likeness (QED) is 0.565. The lowest BCUT2D eigenvalue weighted by molar-refractivity contribution is -0.119. The van der Waals surface area contributed by atoms with Crippen molar-refractivity contribution in [3.63, 3.8) is 0 Å². The topological polar surface area (TPSA) is 107 Å². The summed E-state index contributed by atoms with van der Waals surface area (Å²) in [6.45, 7) is 3.29. The van der Waals surface area contributed by atoms with Crippen molar-refractivity contribution < 1.29 is 22.7 Å². The van der Waals surface area contributed by atoms with Gasteiger partial charge in [-0.15, -0.1) is 0 Å². The smallest absolute Gasteiger partial charge is 0.338 e. The normalized spacial score (nSPS) is 11.2. The number of nitrogens with one attached hydrogen (secondary N) is 1. The monoisotopic (exact) mass is 441 g/mol. The number of hydrogen-bond acceptors (Lipinski definition) is 6. The summed E-state index contributed by atoms with van der Waals surface area (Å²) in [5.74, 6) is -0.961. The largest absolute Gasteiger partial charge is 0.452 e. The number of esters is 1. The Morgan fingerprint density at radius 1 is 1.06 bits per heavy atom. The van der Waals surface area contributed by atoms with Crippen LogP contribution in [0.1, 0.15) is 27.2 Å². The Morgan fingerprint density at radius 3 is 2.45 bits per heavy atom. The molecule has 0 unspecified atom stereocenters. The van der Waals surface area contributed by atoms with Crippen LogP contribution < -0.4 is 5.32 Å². The van der Waals surface area contributed by atoms with Gasteiger partial charge in [0.15, 0.2) is 16.4 Å². The number of sulfone groups is 1. The Kier molecular flexibility index (Phi) is 6.55. The van der Waals surface area contributed by atoms with Crippen molar-refractivity contribution in [3.8, 4) is 5.69 Å². The highest BCUT2D eigenvalue weighted by molar-refractivity contribution is 7.89. The summed E-state index contributed by atoms with van der Waals surface area (Å²) in [6, 6.07) is 15.5. The molecule has 1 N–H and O–H groups in total. The van der Waals surface area contributed by atoms with Crippen molar-refractivity contribution in [2.45, 2.75) is 19.6 Å². The number of hydrogen-bond donors (Lipinski definition) is 1. The van der Waals surface area contributed by atoms with E-state index in [-0.39, 0.29) is 11.3 Å². The standard InChI is InChI=1S/C22H23N3O5S/c1-15-7-9-19(10-8-15)25-20(11-16(2)24-25)23-21(26)13-30-22(27)18-6-4-5-17(12-18)14-31(3,28)29/h4-12H,13-14H2,1-3H3,(H,23,26). The number of aryl methyl sites for hydroxylation is 2. The van der Waals surface area contributed by atoms with Crippen LogP contribution in [0.5, 0.6) is 0 Å². The van der Waals surface area contributed by atoms with Gasteiger partial charge in [-0.1, -0.05) is 29.8 Å². The van der Waals surface area contributed by atoms with E-state index < -0.39 is 28.3 Å². The molecular formula is C22H23N3O5S. The minimum Gasteiger partial charge on any atom is -0.452 e. The molecule has 0 saturated heterocycles. The molecule has 0 spiro atoms. The minimum atomic E-state index is -3.23. The lowest BCUT2D eigenvalue weighted by atomic mass is 10.1. The second kappa shape index (κ2) is 9.13. The lowest BCUT2D eigenvalue weighted by Gasteiger charge is -2.10. The van der Waals surface area contributed by atoms with Crippen molar-refractivity contribution in [3.05, 3.63) is 77.0 Å². The molecule has 3 rings (SSSR count). The SMILES string of the molecule is Cc1ccc(-n2nc(C)cc2NC(=O)COC(=O)c2cccc(CS(C)(=O)=O)c2)cc1. The Bertz CT molecular complexity index is 1210. The molecule has 31 heavy (non-hydrogen) atoms. The molecule has 0 aliphatic rings. The highest BCUT2D eigenvalue weighted by atomic mass is 32.2. The average molecular weight is 442 g/mol. The molecule has 3 aromatic rings. The first-order valence-electron chi connectivity index (χ1n) is 9.48. The first-order valence-corrected chi connectivity index (χ1v) is 11.5. The van der Waals surface area contributed by atoms with E-state index in [2.05, 4.69) is 10.4 Å². The van der Waals surface area contributed by atoms with Crippen molar-refractivity contribution in [2.75, 3.05) is 18.2 Å². The van der Waals surface area contributed by atoms with Gasteiger partial charge in [0.05, 0.1) is 22.7 Å². The van der Waals surface area contributed by atoms with E-state index in [0.717, 1.165) is 23.2 Å². The van der Waals surface area contributed by atoms with Gasteiger partial charge in [0.25, 0.3) is 5.91 Å². The van der Waals surface area contributed by atoms with Gasteiger partial charge >= 0.3 is 5.97 Å². The van der Waals surface area contributed by atoms with E-state index in [1.807, 2.05) is 38.1 Å². The summed E-state index contributed by atoms with van der Waals surface area (Å²) in [4.78, 5) is 24.6. The molecule has 0 aliphatic carbocycles. The molecule has 8 nitrogen and oxygen atoms in total. The van der Waals surface area contributed by atoms with Crippen LogP contribution in [-0.2, 0) is 25.1 Å². The van der Waals surface area contributed by atoms with E-state index in [1.165, 1.54) is 12.1 Å². The van der Waals surface area contributed by atoms with Crippen molar-refractivity contribution in [1.82, 2.24) is 9.78 Å². The molecule has 0 fully saturated rings. The number of carbonyl (C=O) groups is 2. The molecule has 162 valence electrons.